The molecule has 0 aromatic rings. The minimum Gasteiger partial charge on any atom is -0.481 e. The molecule has 1 aliphatic rings. The predicted molar refractivity (Wildman–Crippen MR) is 65.8 cm³/mol. The van der Waals surface area contributed by atoms with Crippen molar-refractivity contribution >= 4 is 22.1 Å². The highest BCUT2D eigenvalue weighted by Gasteiger charge is 2.34. The smallest absolute Gasteiger partial charge is 0.322 e. The zero-order valence-corrected chi connectivity index (χ0v) is 11.4. The van der Waals surface area contributed by atoms with Crippen LogP contribution in [0.4, 0.5) is 0 Å². The molecule has 2 atom stereocenters. The number of carboxylic acids is 2. The second kappa shape index (κ2) is 6.31. The van der Waals surface area contributed by atoms with Crippen LogP contribution >= 0.6 is 0 Å². The molecule has 0 aromatic heterocycles. The molecule has 0 aliphatic carbocycles. The van der Waals surface area contributed by atoms with Crippen LogP contribution in [0.3, 0.4) is 0 Å². The number of hydrogen-bond acceptors (Lipinski definition) is 4. The maximum atomic E-state index is 12.1. The Morgan fingerprint density at radius 3 is 2.47 bits per heavy atom. The molecule has 0 aromatic carbocycles. The fourth-order valence-electron chi connectivity index (χ4n) is 2.03. The molecule has 1 unspecified atom stereocenters. The zero-order valence-electron chi connectivity index (χ0n) is 10.6. The quantitative estimate of drug-likeness (QED) is 0.613. The molecule has 1 fully saturated rings. The van der Waals surface area contributed by atoms with Crippen molar-refractivity contribution in [2.75, 3.05) is 6.54 Å². The van der Waals surface area contributed by atoms with E-state index in [0.717, 1.165) is 6.42 Å². The summed E-state index contributed by atoms with van der Waals surface area (Å²) in [6.07, 6.45) is 1.54. The van der Waals surface area contributed by atoms with Gasteiger partial charge in [-0.15, -0.1) is 0 Å². The molecule has 110 valence electrons. The lowest BCUT2D eigenvalue weighted by Crippen LogP contribution is -2.52. The standard InChI is InChI=1S/C10H18N2O6S/c1-7-4-2-3-5-12(7)19(17,18)11-8(10(15)16)6-9(13)14/h7-8,11H,2-6H2,1H3,(H,13,14)(H,15,16)/t7?,8-/m0/s1. The lowest BCUT2D eigenvalue weighted by Gasteiger charge is -2.32. The highest BCUT2D eigenvalue weighted by Crippen LogP contribution is 2.19. The van der Waals surface area contributed by atoms with Crippen LogP contribution in [0.25, 0.3) is 0 Å². The SMILES string of the molecule is CC1CCCCN1S(=O)(=O)N[C@@H](CC(=O)O)C(=O)O. The van der Waals surface area contributed by atoms with Crippen LogP contribution in [0.15, 0.2) is 0 Å². The van der Waals surface area contributed by atoms with Gasteiger partial charge in [0, 0.05) is 12.6 Å². The summed E-state index contributed by atoms with van der Waals surface area (Å²) in [7, 11) is -3.98. The van der Waals surface area contributed by atoms with Gasteiger partial charge in [0.1, 0.15) is 6.04 Å². The predicted octanol–water partition coefficient (Wildman–Crippen LogP) is -0.377. The molecule has 1 heterocycles. The van der Waals surface area contributed by atoms with Crippen LogP contribution in [0.5, 0.6) is 0 Å². The number of nitrogens with one attached hydrogen (secondary N) is 1. The maximum absolute atomic E-state index is 12.1. The molecule has 0 saturated carbocycles. The van der Waals surface area contributed by atoms with Crippen LogP contribution in [-0.2, 0) is 19.8 Å². The van der Waals surface area contributed by atoms with Gasteiger partial charge in [-0.25, -0.2) is 0 Å². The van der Waals surface area contributed by atoms with Crippen LogP contribution in [0.1, 0.15) is 32.6 Å². The molecule has 0 spiro atoms. The summed E-state index contributed by atoms with van der Waals surface area (Å²) >= 11 is 0. The van der Waals surface area contributed by atoms with E-state index in [1.165, 1.54) is 4.31 Å². The number of hydrogen-bond donors (Lipinski definition) is 3. The first-order valence-corrected chi connectivity index (χ1v) is 7.41. The molecular formula is C10H18N2O6S. The monoisotopic (exact) mass is 294 g/mol. The lowest BCUT2D eigenvalue weighted by molar-refractivity contribution is -0.145. The second-order valence-corrected chi connectivity index (χ2v) is 6.22. The Balaban J connectivity index is 2.81. The van der Waals surface area contributed by atoms with E-state index in [1.807, 2.05) is 4.72 Å². The van der Waals surface area contributed by atoms with Gasteiger partial charge in [-0.2, -0.15) is 17.4 Å². The third-order valence-corrected chi connectivity index (χ3v) is 4.76. The largest absolute Gasteiger partial charge is 0.481 e. The first-order valence-electron chi connectivity index (χ1n) is 5.97. The molecule has 0 bridgehead atoms. The molecule has 8 nitrogen and oxygen atoms in total. The van der Waals surface area contributed by atoms with Crippen molar-refractivity contribution in [2.45, 2.75) is 44.7 Å². The molecule has 19 heavy (non-hydrogen) atoms. The summed E-state index contributed by atoms with van der Waals surface area (Å²) in [5.41, 5.74) is 0. The fraction of sp³-hybridized carbons (Fsp3) is 0.800. The molecule has 1 saturated heterocycles. The van der Waals surface area contributed by atoms with Crippen molar-refractivity contribution in [2.24, 2.45) is 0 Å². The minimum atomic E-state index is -3.98. The third kappa shape index (κ3) is 4.44. The Morgan fingerprint density at radius 1 is 1.37 bits per heavy atom. The van der Waals surface area contributed by atoms with Crippen molar-refractivity contribution in [1.82, 2.24) is 9.03 Å². The van der Waals surface area contributed by atoms with E-state index in [9.17, 15) is 18.0 Å². The number of carboxylic acid groups (broad SMARTS) is 2. The number of carbonyl (C=O) groups is 2. The molecule has 0 radical (unpaired) electrons. The highest BCUT2D eigenvalue weighted by atomic mass is 32.2. The second-order valence-electron chi connectivity index (χ2n) is 4.57. The van der Waals surface area contributed by atoms with E-state index in [2.05, 4.69) is 0 Å². The van der Waals surface area contributed by atoms with Crippen molar-refractivity contribution in [3.63, 3.8) is 0 Å². The topological polar surface area (TPSA) is 124 Å². The summed E-state index contributed by atoms with van der Waals surface area (Å²) in [5.74, 6) is -2.88. The Labute approximate surface area is 111 Å². The summed E-state index contributed by atoms with van der Waals surface area (Å²) in [4.78, 5) is 21.4. The highest BCUT2D eigenvalue weighted by molar-refractivity contribution is 7.87. The van der Waals surface area contributed by atoms with E-state index in [4.69, 9.17) is 10.2 Å². The average Bonchev–Trinajstić information content (AvgIpc) is 2.27. The minimum absolute atomic E-state index is 0.217. The summed E-state index contributed by atoms with van der Waals surface area (Å²) in [5, 5.41) is 17.4. The van der Waals surface area contributed by atoms with E-state index < -0.39 is 34.6 Å². The van der Waals surface area contributed by atoms with Gasteiger partial charge in [-0.3, -0.25) is 9.59 Å². The van der Waals surface area contributed by atoms with Gasteiger partial charge in [-0.05, 0) is 19.8 Å². The van der Waals surface area contributed by atoms with E-state index in [-0.39, 0.29) is 6.04 Å². The zero-order chi connectivity index (χ0) is 14.6. The van der Waals surface area contributed by atoms with Gasteiger partial charge in [0.15, 0.2) is 0 Å². The molecule has 1 rings (SSSR count). The summed E-state index contributed by atoms with van der Waals surface area (Å²) in [6, 6.07) is -1.87. The first kappa shape index (κ1) is 15.9. The van der Waals surface area contributed by atoms with Gasteiger partial charge < -0.3 is 10.2 Å². The Bertz CT molecular complexity index is 449. The van der Waals surface area contributed by atoms with Crippen molar-refractivity contribution in [1.29, 1.82) is 0 Å². The van der Waals surface area contributed by atoms with Crippen molar-refractivity contribution in [3.8, 4) is 0 Å². The Kier molecular flexibility index (Phi) is 5.27. The summed E-state index contributed by atoms with van der Waals surface area (Å²) < 4.78 is 27.2. The Hall–Kier alpha value is -1.19. The Morgan fingerprint density at radius 2 is 2.00 bits per heavy atom. The molecule has 3 N–H and O–H groups in total. The number of rotatable bonds is 6. The molecule has 0 amide bonds. The van der Waals surface area contributed by atoms with Crippen LogP contribution in [-0.4, -0.2) is 53.5 Å². The van der Waals surface area contributed by atoms with Gasteiger partial charge in [0.2, 0.25) is 0 Å². The fourth-order valence-corrected chi connectivity index (χ4v) is 3.66. The van der Waals surface area contributed by atoms with Crippen LogP contribution in [0.2, 0.25) is 0 Å². The number of piperidine rings is 1. The van der Waals surface area contributed by atoms with Gasteiger partial charge >= 0.3 is 11.9 Å². The van der Waals surface area contributed by atoms with Gasteiger partial charge in [0.05, 0.1) is 6.42 Å². The molecular weight excluding hydrogens is 276 g/mol. The molecule has 9 heteroatoms. The maximum Gasteiger partial charge on any atom is 0.322 e. The van der Waals surface area contributed by atoms with E-state index in [0.29, 0.717) is 19.4 Å². The normalized spacial score (nSPS) is 22.9. The number of aliphatic carboxylic acids is 2. The number of nitrogens with zero attached hydrogens (tertiary/aromatic N) is 1. The van der Waals surface area contributed by atoms with E-state index >= 15 is 0 Å². The third-order valence-electron chi connectivity index (χ3n) is 3.02. The van der Waals surface area contributed by atoms with E-state index in [1.54, 1.807) is 6.92 Å². The summed E-state index contributed by atoms with van der Waals surface area (Å²) in [6.45, 7) is 2.06. The van der Waals surface area contributed by atoms with Crippen LogP contribution < -0.4 is 4.72 Å². The first-order chi connectivity index (χ1) is 8.74. The molecule has 1 aliphatic heterocycles. The average molecular weight is 294 g/mol. The van der Waals surface area contributed by atoms with Crippen molar-refractivity contribution in [3.05, 3.63) is 0 Å². The lowest BCUT2D eigenvalue weighted by atomic mass is 10.1. The van der Waals surface area contributed by atoms with Gasteiger partial charge in [-0.1, -0.05) is 6.42 Å². The van der Waals surface area contributed by atoms with Gasteiger partial charge in [0.25, 0.3) is 10.2 Å². The van der Waals surface area contributed by atoms with Crippen molar-refractivity contribution < 1.29 is 28.2 Å². The van der Waals surface area contributed by atoms with Crippen LogP contribution in [0, 0.1) is 0 Å².